The van der Waals surface area contributed by atoms with Gasteiger partial charge in [-0.1, -0.05) is 61.2 Å². The molecule has 0 saturated carbocycles. The summed E-state index contributed by atoms with van der Waals surface area (Å²) >= 11 is 1.41. The molecule has 28 heavy (non-hydrogen) atoms. The molecule has 144 valence electrons. The van der Waals surface area contributed by atoms with Crippen LogP contribution in [0.15, 0.2) is 59.8 Å². The molecule has 0 amide bonds. The van der Waals surface area contributed by atoms with Gasteiger partial charge in [0.1, 0.15) is 12.4 Å². The fourth-order valence-electron chi connectivity index (χ4n) is 2.91. The molecular formula is C22H24N4OS. The van der Waals surface area contributed by atoms with Crippen LogP contribution in [0.1, 0.15) is 43.8 Å². The molecular weight excluding hydrogens is 368 g/mol. The minimum absolute atomic E-state index is 0.0330. The summed E-state index contributed by atoms with van der Waals surface area (Å²) in [6, 6.07) is 20.6. The first kappa shape index (κ1) is 20.0. The SMILES string of the molecule is CCc1ccc(OCc2nnc(S[C@H](C)C#N)n2[C@@H](C)c2ccccc2)cc1. The minimum Gasteiger partial charge on any atom is -0.486 e. The summed E-state index contributed by atoms with van der Waals surface area (Å²) in [5, 5.41) is 18.4. The monoisotopic (exact) mass is 392 g/mol. The first-order chi connectivity index (χ1) is 13.6. The van der Waals surface area contributed by atoms with Crippen LogP contribution in [-0.2, 0) is 13.0 Å². The second-order valence-electron chi connectivity index (χ2n) is 6.53. The maximum atomic E-state index is 9.19. The molecule has 1 aromatic heterocycles. The zero-order valence-electron chi connectivity index (χ0n) is 16.4. The van der Waals surface area contributed by atoms with Gasteiger partial charge in [-0.2, -0.15) is 5.26 Å². The Morgan fingerprint density at radius 3 is 2.43 bits per heavy atom. The van der Waals surface area contributed by atoms with Crippen molar-refractivity contribution in [1.29, 1.82) is 5.26 Å². The lowest BCUT2D eigenvalue weighted by Gasteiger charge is -2.19. The summed E-state index contributed by atoms with van der Waals surface area (Å²) in [4.78, 5) is 0. The Labute approximate surface area is 170 Å². The summed E-state index contributed by atoms with van der Waals surface area (Å²) in [6.07, 6.45) is 1.00. The van der Waals surface area contributed by atoms with Crippen molar-refractivity contribution in [2.24, 2.45) is 0 Å². The third-order valence-electron chi connectivity index (χ3n) is 4.57. The summed E-state index contributed by atoms with van der Waals surface area (Å²) in [5.74, 6) is 1.54. The fourth-order valence-corrected chi connectivity index (χ4v) is 3.74. The van der Waals surface area contributed by atoms with E-state index in [4.69, 9.17) is 4.74 Å². The molecule has 1 heterocycles. The molecule has 0 aliphatic rings. The minimum atomic E-state index is -0.207. The van der Waals surface area contributed by atoms with Gasteiger partial charge >= 0.3 is 0 Å². The zero-order chi connectivity index (χ0) is 19.9. The molecule has 0 spiro atoms. The molecule has 0 saturated heterocycles. The van der Waals surface area contributed by atoms with Crippen LogP contribution in [0.25, 0.3) is 0 Å². The van der Waals surface area contributed by atoms with Crippen LogP contribution < -0.4 is 4.74 Å². The Hall–Kier alpha value is -2.78. The van der Waals surface area contributed by atoms with E-state index < -0.39 is 0 Å². The second-order valence-corrected chi connectivity index (χ2v) is 7.84. The summed E-state index contributed by atoms with van der Waals surface area (Å²) < 4.78 is 8.03. The number of rotatable bonds is 8. The van der Waals surface area contributed by atoms with Gasteiger partial charge in [-0.15, -0.1) is 10.2 Å². The highest BCUT2D eigenvalue weighted by atomic mass is 32.2. The van der Waals surface area contributed by atoms with Gasteiger partial charge in [-0.25, -0.2) is 0 Å². The molecule has 0 unspecified atom stereocenters. The summed E-state index contributed by atoms with van der Waals surface area (Å²) in [5.41, 5.74) is 2.43. The Bertz CT molecular complexity index is 931. The lowest BCUT2D eigenvalue weighted by Crippen LogP contribution is -2.14. The number of nitriles is 1. The van der Waals surface area contributed by atoms with Crippen molar-refractivity contribution in [2.45, 2.75) is 50.2 Å². The predicted octanol–water partition coefficient (Wildman–Crippen LogP) is 5.03. The van der Waals surface area contributed by atoms with Gasteiger partial charge in [0.05, 0.1) is 17.4 Å². The Kier molecular flexibility index (Phi) is 6.72. The van der Waals surface area contributed by atoms with Gasteiger partial charge in [-0.3, -0.25) is 4.57 Å². The molecule has 3 aromatic rings. The molecule has 0 aliphatic carbocycles. The molecule has 2 aromatic carbocycles. The van der Waals surface area contributed by atoms with Crippen molar-refractivity contribution in [1.82, 2.24) is 14.8 Å². The van der Waals surface area contributed by atoms with Crippen LogP contribution in [-0.4, -0.2) is 20.0 Å². The highest BCUT2D eigenvalue weighted by molar-refractivity contribution is 8.00. The molecule has 6 heteroatoms. The van der Waals surface area contributed by atoms with Crippen molar-refractivity contribution in [3.8, 4) is 11.8 Å². The maximum Gasteiger partial charge on any atom is 0.193 e. The molecule has 0 radical (unpaired) electrons. The number of benzene rings is 2. The molecule has 0 aliphatic heterocycles. The first-order valence-corrected chi connectivity index (χ1v) is 10.3. The van der Waals surface area contributed by atoms with Crippen LogP contribution in [0, 0.1) is 11.3 Å². The number of nitrogens with zero attached hydrogens (tertiary/aromatic N) is 4. The normalized spacial score (nSPS) is 12.9. The first-order valence-electron chi connectivity index (χ1n) is 9.39. The van der Waals surface area contributed by atoms with E-state index in [1.165, 1.54) is 17.3 Å². The van der Waals surface area contributed by atoms with Crippen LogP contribution in [0.4, 0.5) is 0 Å². The Morgan fingerprint density at radius 2 is 1.79 bits per heavy atom. The van der Waals surface area contributed by atoms with Crippen molar-refractivity contribution < 1.29 is 4.74 Å². The van der Waals surface area contributed by atoms with Crippen LogP contribution >= 0.6 is 11.8 Å². The van der Waals surface area contributed by atoms with Gasteiger partial charge < -0.3 is 4.74 Å². The van der Waals surface area contributed by atoms with Crippen molar-refractivity contribution >= 4 is 11.8 Å². The van der Waals surface area contributed by atoms with E-state index in [1.54, 1.807) is 0 Å². The molecule has 5 nitrogen and oxygen atoms in total. The Balaban J connectivity index is 1.86. The van der Waals surface area contributed by atoms with E-state index in [0.717, 1.165) is 28.7 Å². The predicted molar refractivity (Wildman–Crippen MR) is 111 cm³/mol. The topological polar surface area (TPSA) is 63.7 Å². The lowest BCUT2D eigenvalue weighted by atomic mass is 10.1. The number of ether oxygens (including phenoxy) is 1. The van der Waals surface area contributed by atoms with Gasteiger partial charge in [0.2, 0.25) is 0 Å². The molecule has 3 rings (SSSR count). The number of thioether (sulfide) groups is 1. The average Bonchev–Trinajstić information content (AvgIpc) is 3.14. The third-order valence-corrected chi connectivity index (χ3v) is 5.52. The van der Waals surface area contributed by atoms with E-state index in [9.17, 15) is 5.26 Å². The van der Waals surface area contributed by atoms with Crippen molar-refractivity contribution in [3.05, 3.63) is 71.5 Å². The van der Waals surface area contributed by atoms with Crippen molar-refractivity contribution in [2.75, 3.05) is 0 Å². The van der Waals surface area contributed by atoms with Crippen molar-refractivity contribution in [3.63, 3.8) is 0 Å². The van der Waals surface area contributed by atoms with Gasteiger partial charge in [0.25, 0.3) is 0 Å². The molecule has 0 bridgehead atoms. The van der Waals surface area contributed by atoms with E-state index in [2.05, 4.69) is 58.9 Å². The molecule has 0 fully saturated rings. The van der Waals surface area contributed by atoms with Crippen LogP contribution in [0.3, 0.4) is 0 Å². The second kappa shape index (κ2) is 9.43. The quantitative estimate of drug-likeness (QED) is 0.503. The standard InChI is InChI=1S/C22H24N4OS/c1-4-18-10-12-20(13-11-18)27-15-21-24-25-22(28-16(2)14-23)26(21)17(3)19-8-6-5-7-9-19/h5-13,16-17H,4,15H2,1-3H3/t16-,17+/m1/s1. The zero-order valence-corrected chi connectivity index (χ0v) is 17.2. The van der Waals surface area contributed by atoms with E-state index in [1.807, 2.05) is 37.3 Å². The average molecular weight is 393 g/mol. The van der Waals surface area contributed by atoms with E-state index >= 15 is 0 Å². The summed E-state index contributed by atoms with van der Waals surface area (Å²) in [6.45, 7) is 6.42. The highest BCUT2D eigenvalue weighted by Gasteiger charge is 2.21. The number of hydrogen-bond acceptors (Lipinski definition) is 5. The maximum absolute atomic E-state index is 9.19. The summed E-state index contributed by atoms with van der Waals surface area (Å²) in [7, 11) is 0. The van der Waals surface area contributed by atoms with Gasteiger partial charge in [0.15, 0.2) is 11.0 Å². The van der Waals surface area contributed by atoms with Crippen LogP contribution in [0.5, 0.6) is 5.75 Å². The lowest BCUT2D eigenvalue weighted by molar-refractivity contribution is 0.285. The van der Waals surface area contributed by atoms with E-state index in [0.29, 0.717) is 6.61 Å². The van der Waals surface area contributed by atoms with Gasteiger partial charge in [0, 0.05) is 0 Å². The number of hydrogen-bond donors (Lipinski definition) is 0. The van der Waals surface area contributed by atoms with Crippen LogP contribution in [0.2, 0.25) is 0 Å². The third kappa shape index (κ3) is 4.73. The van der Waals surface area contributed by atoms with Gasteiger partial charge in [-0.05, 0) is 43.5 Å². The Morgan fingerprint density at radius 1 is 1.07 bits per heavy atom. The highest BCUT2D eigenvalue weighted by Crippen LogP contribution is 2.29. The largest absolute Gasteiger partial charge is 0.486 e. The molecule has 0 N–H and O–H groups in total. The molecule has 2 atom stereocenters. The fraction of sp³-hybridized carbons (Fsp3) is 0.318. The van der Waals surface area contributed by atoms with E-state index in [-0.39, 0.29) is 11.3 Å². The number of aryl methyl sites for hydroxylation is 1. The smallest absolute Gasteiger partial charge is 0.193 e. The number of aromatic nitrogens is 3.